The van der Waals surface area contributed by atoms with E-state index in [0.29, 0.717) is 11.7 Å². The summed E-state index contributed by atoms with van der Waals surface area (Å²) < 4.78 is 7.26. The Morgan fingerprint density at radius 2 is 2.24 bits per heavy atom. The molecule has 3 rings (SSSR count). The topological polar surface area (TPSA) is 39.4 Å². The predicted molar refractivity (Wildman–Crippen MR) is 68.5 cm³/mol. The highest BCUT2D eigenvalue weighted by atomic mass is 32.1. The summed E-state index contributed by atoms with van der Waals surface area (Å²) in [5.41, 5.74) is 3.26. The van der Waals surface area contributed by atoms with E-state index < -0.39 is 0 Å². The van der Waals surface area contributed by atoms with Crippen LogP contribution in [0.5, 0.6) is 0 Å². The minimum Gasteiger partial charge on any atom is -0.381 e. The Morgan fingerprint density at radius 1 is 1.41 bits per heavy atom. The first-order valence-corrected chi connectivity index (χ1v) is 6.54. The van der Waals surface area contributed by atoms with Crippen molar-refractivity contribution in [2.75, 3.05) is 13.2 Å². The number of hydrogen-bond acceptors (Lipinski definition) is 4. The first-order chi connectivity index (χ1) is 8.40. The highest BCUT2D eigenvalue weighted by Crippen LogP contribution is 2.30. The van der Waals surface area contributed by atoms with Gasteiger partial charge in [0.15, 0.2) is 5.65 Å². The molecule has 17 heavy (non-hydrogen) atoms. The van der Waals surface area contributed by atoms with Crippen LogP contribution in [0.25, 0.3) is 5.65 Å². The zero-order chi connectivity index (χ0) is 11.7. The van der Waals surface area contributed by atoms with Crippen LogP contribution in [0.3, 0.4) is 0 Å². The van der Waals surface area contributed by atoms with Crippen molar-refractivity contribution in [1.82, 2.24) is 14.6 Å². The molecule has 5 heteroatoms. The zero-order valence-electron chi connectivity index (χ0n) is 9.54. The molecule has 0 atom stereocenters. The van der Waals surface area contributed by atoms with Gasteiger partial charge in [-0.25, -0.2) is 9.50 Å². The molecule has 0 unspecified atom stereocenters. The number of fused-ring (bicyclic) bond motifs is 1. The lowest BCUT2D eigenvalue weighted by atomic mass is 9.94. The summed E-state index contributed by atoms with van der Waals surface area (Å²) in [6, 6.07) is 1.90. The smallest absolute Gasteiger partial charge is 0.159 e. The van der Waals surface area contributed by atoms with Crippen LogP contribution in [0.15, 0.2) is 18.5 Å². The van der Waals surface area contributed by atoms with Gasteiger partial charge in [-0.1, -0.05) is 0 Å². The van der Waals surface area contributed by atoms with Crippen molar-refractivity contribution in [3.05, 3.63) is 29.7 Å². The maximum Gasteiger partial charge on any atom is 0.159 e. The van der Waals surface area contributed by atoms with E-state index in [0.717, 1.165) is 37.4 Å². The van der Waals surface area contributed by atoms with Crippen molar-refractivity contribution in [2.45, 2.75) is 24.5 Å². The maximum absolute atomic E-state index is 5.40. The van der Waals surface area contributed by atoms with E-state index in [1.165, 1.54) is 5.56 Å². The van der Waals surface area contributed by atoms with Crippen LogP contribution >= 0.6 is 12.6 Å². The van der Waals surface area contributed by atoms with Gasteiger partial charge in [0.25, 0.3) is 0 Å². The molecular weight excluding hydrogens is 234 g/mol. The SMILES string of the molecule is SCc1c(C2CCOCC2)nn2cccnc12. The molecule has 0 amide bonds. The minimum absolute atomic E-state index is 0.493. The molecule has 2 aromatic heterocycles. The lowest BCUT2D eigenvalue weighted by Crippen LogP contribution is -2.15. The number of thiol groups is 1. The van der Waals surface area contributed by atoms with Crippen molar-refractivity contribution in [1.29, 1.82) is 0 Å². The van der Waals surface area contributed by atoms with E-state index in [-0.39, 0.29) is 0 Å². The molecule has 1 saturated heterocycles. The maximum atomic E-state index is 5.40. The molecule has 1 aliphatic rings. The second-order valence-electron chi connectivity index (χ2n) is 4.30. The highest BCUT2D eigenvalue weighted by Gasteiger charge is 2.23. The Bertz CT molecular complexity index is 519. The third-order valence-electron chi connectivity index (χ3n) is 3.29. The number of rotatable bonds is 2. The molecule has 0 bridgehead atoms. The number of hydrogen-bond donors (Lipinski definition) is 1. The molecular formula is C12H15N3OS. The van der Waals surface area contributed by atoms with Crippen LogP contribution in [-0.2, 0) is 10.5 Å². The van der Waals surface area contributed by atoms with Gasteiger partial charge in [-0.2, -0.15) is 17.7 Å². The summed E-state index contributed by atoms with van der Waals surface area (Å²) >= 11 is 4.42. The van der Waals surface area contributed by atoms with Crippen LogP contribution in [0, 0.1) is 0 Å². The fraction of sp³-hybridized carbons (Fsp3) is 0.500. The Kier molecular flexibility index (Phi) is 3.03. The van der Waals surface area contributed by atoms with Crippen molar-refractivity contribution >= 4 is 18.3 Å². The van der Waals surface area contributed by atoms with Crippen molar-refractivity contribution in [3.63, 3.8) is 0 Å². The molecule has 0 radical (unpaired) electrons. The third kappa shape index (κ3) is 1.93. The average Bonchev–Trinajstić information content (AvgIpc) is 2.78. The summed E-state index contributed by atoms with van der Waals surface area (Å²) in [7, 11) is 0. The largest absolute Gasteiger partial charge is 0.381 e. The van der Waals surface area contributed by atoms with Crippen LogP contribution < -0.4 is 0 Å². The molecule has 3 heterocycles. The third-order valence-corrected chi connectivity index (χ3v) is 3.60. The van der Waals surface area contributed by atoms with Crippen molar-refractivity contribution in [2.24, 2.45) is 0 Å². The van der Waals surface area contributed by atoms with E-state index in [9.17, 15) is 0 Å². The highest BCUT2D eigenvalue weighted by molar-refractivity contribution is 7.79. The normalized spacial score (nSPS) is 17.7. The number of ether oxygens (including phenoxy) is 1. The molecule has 2 aromatic rings. The molecule has 0 spiro atoms. The van der Waals surface area contributed by atoms with Gasteiger partial charge >= 0.3 is 0 Å². The fourth-order valence-corrected chi connectivity index (χ4v) is 2.71. The van der Waals surface area contributed by atoms with Gasteiger partial charge in [0.1, 0.15) is 0 Å². The van der Waals surface area contributed by atoms with E-state index in [1.807, 2.05) is 16.8 Å². The van der Waals surface area contributed by atoms with Gasteiger partial charge in [0, 0.05) is 42.8 Å². The molecule has 0 aromatic carbocycles. The Balaban J connectivity index is 2.08. The van der Waals surface area contributed by atoms with Gasteiger partial charge in [0.05, 0.1) is 5.69 Å². The van der Waals surface area contributed by atoms with Gasteiger partial charge < -0.3 is 4.74 Å². The summed E-state index contributed by atoms with van der Waals surface area (Å²) in [4.78, 5) is 4.39. The summed E-state index contributed by atoms with van der Waals surface area (Å²) in [5, 5.41) is 4.66. The summed E-state index contributed by atoms with van der Waals surface area (Å²) in [5.74, 6) is 1.18. The second-order valence-corrected chi connectivity index (χ2v) is 4.61. The predicted octanol–water partition coefficient (Wildman–Crippen LogP) is 2.05. The minimum atomic E-state index is 0.493. The lowest BCUT2D eigenvalue weighted by molar-refractivity contribution is 0.0843. The van der Waals surface area contributed by atoms with Gasteiger partial charge in [-0.3, -0.25) is 0 Å². The molecule has 1 fully saturated rings. The first kappa shape index (κ1) is 11.0. The molecule has 4 nitrogen and oxygen atoms in total. The molecule has 0 saturated carbocycles. The second kappa shape index (κ2) is 4.66. The summed E-state index contributed by atoms with van der Waals surface area (Å²) in [6.45, 7) is 1.66. The molecule has 1 aliphatic heterocycles. The Morgan fingerprint density at radius 3 is 3.00 bits per heavy atom. The summed E-state index contributed by atoms with van der Waals surface area (Å²) in [6.07, 6.45) is 5.84. The lowest BCUT2D eigenvalue weighted by Gasteiger charge is -2.20. The molecule has 90 valence electrons. The quantitative estimate of drug-likeness (QED) is 0.828. The van der Waals surface area contributed by atoms with E-state index in [4.69, 9.17) is 4.74 Å². The Hall–Kier alpha value is -1.07. The van der Waals surface area contributed by atoms with E-state index in [1.54, 1.807) is 6.20 Å². The van der Waals surface area contributed by atoms with E-state index >= 15 is 0 Å². The number of nitrogens with zero attached hydrogens (tertiary/aromatic N) is 3. The van der Waals surface area contributed by atoms with E-state index in [2.05, 4.69) is 22.7 Å². The number of aromatic nitrogens is 3. The average molecular weight is 249 g/mol. The van der Waals surface area contributed by atoms with Crippen molar-refractivity contribution < 1.29 is 4.74 Å². The van der Waals surface area contributed by atoms with Crippen LogP contribution in [0.4, 0.5) is 0 Å². The van der Waals surface area contributed by atoms with Gasteiger partial charge in [-0.05, 0) is 18.9 Å². The van der Waals surface area contributed by atoms with Crippen LogP contribution in [0.2, 0.25) is 0 Å². The van der Waals surface area contributed by atoms with Crippen LogP contribution in [0.1, 0.15) is 30.0 Å². The Labute approximate surface area is 105 Å². The zero-order valence-corrected chi connectivity index (χ0v) is 10.4. The van der Waals surface area contributed by atoms with Gasteiger partial charge in [-0.15, -0.1) is 0 Å². The van der Waals surface area contributed by atoms with Gasteiger partial charge in [0.2, 0.25) is 0 Å². The first-order valence-electron chi connectivity index (χ1n) is 5.91. The molecule has 0 N–H and O–H groups in total. The monoisotopic (exact) mass is 249 g/mol. The van der Waals surface area contributed by atoms with Crippen LogP contribution in [-0.4, -0.2) is 27.8 Å². The van der Waals surface area contributed by atoms with Crippen molar-refractivity contribution in [3.8, 4) is 0 Å². The standard InChI is InChI=1S/C12H15N3OS/c17-8-10-11(9-2-6-16-7-3-9)14-15-5-1-4-13-12(10)15/h1,4-5,9,17H,2-3,6-8H2. The molecule has 0 aliphatic carbocycles. The fourth-order valence-electron chi connectivity index (χ4n) is 2.40.